The smallest absolute Gasteiger partial charge is 0.0431 e. The van der Waals surface area contributed by atoms with Crippen LogP contribution in [0.25, 0.3) is 0 Å². The molecule has 0 saturated carbocycles. The second-order valence-electron chi connectivity index (χ2n) is 5.14. The normalized spacial score (nSPS) is 36.0. The zero-order valence-corrected chi connectivity index (χ0v) is 9.57. The molecule has 3 heteroatoms. The molecule has 2 atom stereocenters. The van der Waals surface area contributed by atoms with Gasteiger partial charge in [-0.1, -0.05) is 0 Å². The number of hydrogen-bond acceptors (Lipinski definition) is 3. The average Bonchev–Trinajstić information content (AvgIpc) is 2.46. The third-order valence-corrected chi connectivity index (χ3v) is 4.00. The molecule has 2 aliphatic heterocycles. The van der Waals surface area contributed by atoms with Gasteiger partial charge < -0.3 is 10.8 Å². The summed E-state index contributed by atoms with van der Waals surface area (Å²) in [7, 11) is 0. The van der Waals surface area contributed by atoms with E-state index in [4.69, 9.17) is 10.8 Å². The van der Waals surface area contributed by atoms with Crippen molar-refractivity contribution in [2.75, 3.05) is 13.2 Å². The Balaban J connectivity index is 1.74. The Morgan fingerprint density at radius 3 is 2.33 bits per heavy atom. The Morgan fingerprint density at radius 2 is 1.73 bits per heavy atom. The fourth-order valence-corrected chi connectivity index (χ4v) is 3.26. The van der Waals surface area contributed by atoms with Gasteiger partial charge in [-0.25, -0.2) is 0 Å². The molecule has 2 bridgehead atoms. The molecule has 2 aliphatic rings. The van der Waals surface area contributed by atoms with E-state index >= 15 is 0 Å². The van der Waals surface area contributed by atoms with Gasteiger partial charge in [0.1, 0.15) is 0 Å². The summed E-state index contributed by atoms with van der Waals surface area (Å²) >= 11 is 0. The molecule has 0 radical (unpaired) electrons. The number of nitrogens with zero attached hydrogens (tertiary/aromatic N) is 1. The third-order valence-electron chi connectivity index (χ3n) is 4.00. The number of aliphatic hydroxyl groups is 1. The molecule has 0 spiro atoms. The van der Waals surface area contributed by atoms with Crippen LogP contribution in [-0.4, -0.2) is 41.3 Å². The Labute approximate surface area is 92.6 Å². The molecule has 3 N–H and O–H groups in total. The Kier molecular flexibility index (Phi) is 4.00. The monoisotopic (exact) mass is 212 g/mol. The van der Waals surface area contributed by atoms with Crippen molar-refractivity contribution in [3.05, 3.63) is 0 Å². The standard InChI is InChI=1S/C12H24N2O/c13-10-8-11-4-5-12(9-10)14(11)6-2-1-3-7-15/h10-12,15H,1-9,13H2. The van der Waals surface area contributed by atoms with Crippen LogP contribution in [-0.2, 0) is 0 Å². The Morgan fingerprint density at radius 1 is 1.07 bits per heavy atom. The lowest BCUT2D eigenvalue weighted by atomic mass is 9.98. The predicted molar refractivity (Wildman–Crippen MR) is 61.7 cm³/mol. The van der Waals surface area contributed by atoms with E-state index in [2.05, 4.69) is 4.90 Å². The summed E-state index contributed by atoms with van der Waals surface area (Å²) in [5.41, 5.74) is 6.03. The minimum absolute atomic E-state index is 0.345. The van der Waals surface area contributed by atoms with Crippen molar-refractivity contribution in [3.8, 4) is 0 Å². The molecule has 0 aliphatic carbocycles. The van der Waals surface area contributed by atoms with E-state index in [1.165, 1.54) is 45.1 Å². The van der Waals surface area contributed by atoms with E-state index in [-0.39, 0.29) is 0 Å². The highest BCUT2D eigenvalue weighted by atomic mass is 16.2. The number of unbranched alkanes of at least 4 members (excludes halogenated alkanes) is 2. The lowest BCUT2D eigenvalue weighted by molar-refractivity contribution is 0.124. The van der Waals surface area contributed by atoms with E-state index < -0.39 is 0 Å². The highest BCUT2D eigenvalue weighted by Gasteiger charge is 2.38. The van der Waals surface area contributed by atoms with Crippen molar-refractivity contribution in [3.63, 3.8) is 0 Å². The molecule has 0 aromatic heterocycles. The van der Waals surface area contributed by atoms with Crippen LogP contribution < -0.4 is 5.73 Å². The molecular formula is C12H24N2O. The van der Waals surface area contributed by atoms with Crippen LogP contribution in [0.1, 0.15) is 44.9 Å². The van der Waals surface area contributed by atoms with E-state index in [1.54, 1.807) is 0 Å². The minimum atomic E-state index is 0.345. The molecule has 2 rings (SSSR count). The Hall–Kier alpha value is -0.120. The van der Waals surface area contributed by atoms with Gasteiger partial charge in [0.05, 0.1) is 0 Å². The van der Waals surface area contributed by atoms with E-state index in [1.807, 2.05) is 0 Å². The Bertz CT molecular complexity index is 184. The van der Waals surface area contributed by atoms with Gasteiger partial charge in [-0.15, -0.1) is 0 Å². The lowest BCUT2D eigenvalue weighted by Gasteiger charge is -2.37. The highest BCUT2D eigenvalue weighted by molar-refractivity contribution is 4.96. The van der Waals surface area contributed by atoms with Gasteiger partial charge in [0.25, 0.3) is 0 Å². The summed E-state index contributed by atoms with van der Waals surface area (Å²) in [6.07, 6.45) is 8.49. The number of nitrogens with two attached hydrogens (primary N) is 1. The zero-order chi connectivity index (χ0) is 10.7. The maximum atomic E-state index is 8.72. The van der Waals surface area contributed by atoms with Crippen molar-refractivity contribution in [1.29, 1.82) is 0 Å². The van der Waals surface area contributed by atoms with Crippen LogP contribution >= 0.6 is 0 Å². The number of aliphatic hydroxyl groups excluding tert-OH is 1. The van der Waals surface area contributed by atoms with Gasteiger partial charge in [0, 0.05) is 24.7 Å². The van der Waals surface area contributed by atoms with Gasteiger partial charge in [0.15, 0.2) is 0 Å². The molecule has 2 heterocycles. The van der Waals surface area contributed by atoms with Gasteiger partial charge >= 0.3 is 0 Å². The van der Waals surface area contributed by atoms with Crippen molar-refractivity contribution < 1.29 is 5.11 Å². The van der Waals surface area contributed by atoms with E-state index in [0.717, 1.165) is 18.5 Å². The fourth-order valence-electron chi connectivity index (χ4n) is 3.26. The number of piperidine rings is 1. The molecule has 3 nitrogen and oxygen atoms in total. The van der Waals surface area contributed by atoms with Gasteiger partial charge in [-0.05, 0) is 51.5 Å². The molecule has 0 aromatic rings. The molecule has 2 unspecified atom stereocenters. The summed E-state index contributed by atoms with van der Waals surface area (Å²) in [6.45, 7) is 1.57. The topological polar surface area (TPSA) is 49.5 Å². The second-order valence-corrected chi connectivity index (χ2v) is 5.14. The van der Waals surface area contributed by atoms with Crippen LogP contribution in [0, 0.1) is 0 Å². The summed E-state index contributed by atoms with van der Waals surface area (Å²) in [5, 5.41) is 8.72. The van der Waals surface area contributed by atoms with Crippen molar-refractivity contribution in [2.45, 2.75) is 63.1 Å². The van der Waals surface area contributed by atoms with Crippen LogP contribution in [0.5, 0.6) is 0 Å². The number of hydrogen-bond donors (Lipinski definition) is 2. The SMILES string of the molecule is NC1CC2CCC(C1)N2CCCCCO. The van der Waals surface area contributed by atoms with Crippen LogP contribution in [0.4, 0.5) is 0 Å². The van der Waals surface area contributed by atoms with Gasteiger partial charge in [-0.3, -0.25) is 4.90 Å². The van der Waals surface area contributed by atoms with Crippen LogP contribution in [0.3, 0.4) is 0 Å². The summed E-state index contributed by atoms with van der Waals surface area (Å²) < 4.78 is 0. The zero-order valence-electron chi connectivity index (χ0n) is 9.57. The average molecular weight is 212 g/mol. The second kappa shape index (κ2) is 5.28. The van der Waals surface area contributed by atoms with Crippen molar-refractivity contribution >= 4 is 0 Å². The fraction of sp³-hybridized carbons (Fsp3) is 1.00. The first-order valence-corrected chi connectivity index (χ1v) is 6.43. The predicted octanol–water partition coefficient (Wildman–Crippen LogP) is 1.10. The van der Waals surface area contributed by atoms with Crippen LogP contribution in [0.2, 0.25) is 0 Å². The molecule has 15 heavy (non-hydrogen) atoms. The summed E-state index contributed by atoms with van der Waals surface area (Å²) in [6, 6.07) is 2.00. The molecule has 88 valence electrons. The molecular weight excluding hydrogens is 188 g/mol. The van der Waals surface area contributed by atoms with E-state index in [0.29, 0.717) is 12.6 Å². The maximum absolute atomic E-state index is 8.72. The molecule has 0 amide bonds. The third kappa shape index (κ3) is 2.71. The first-order valence-electron chi connectivity index (χ1n) is 6.43. The lowest BCUT2D eigenvalue weighted by Crippen LogP contribution is -2.47. The van der Waals surface area contributed by atoms with Gasteiger partial charge in [0.2, 0.25) is 0 Å². The van der Waals surface area contributed by atoms with Crippen molar-refractivity contribution in [2.24, 2.45) is 5.73 Å². The van der Waals surface area contributed by atoms with E-state index in [9.17, 15) is 0 Å². The van der Waals surface area contributed by atoms with Gasteiger partial charge in [-0.2, -0.15) is 0 Å². The van der Waals surface area contributed by atoms with Crippen LogP contribution in [0.15, 0.2) is 0 Å². The first-order chi connectivity index (χ1) is 7.31. The van der Waals surface area contributed by atoms with Crippen molar-refractivity contribution in [1.82, 2.24) is 4.90 Å². The number of rotatable bonds is 5. The summed E-state index contributed by atoms with van der Waals surface area (Å²) in [5.74, 6) is 0. The minimum Gasteiger partial charge on any atom is -0.396 e. The largest absolute Gasteiger partial charge is 0.396 e. The highest BCUT2D eigenvalue weighted by Crippen LogP contribution is 2.35. The molecule has 2 fully saturated rings. The molecule has 2 saturated heterocycles. The quantitative estimate of drug-likeness (QED) is 0.671. The first kappa shape index (κ1) is 11.4. The maximum Gasteiger partial charge on any atom is 0.0431 e. The molecule has 0 aromatic carbocycles. The summed E-state index contributed by atoms with van der Waals surface area (Å²) in [4.78, 5) is 2.68. The number of fused-ring (bicyclic) bond motifs is 2.